The summed E-state index contributed by atoms with van der Waals surface area (Å²) in [6, 6.07) is 19.3. The monoisotopic (exact) mass is 600 g/mol. The molecule has 2 atom stereocenters. The Morgan fingerprint density at radius 1 is 0.780 bits per heavy atom. The predicted octanol–water partition coefficient (Wildman–Crippen LogP) is 6.80. The van der Waals surface area contributed by atoms with Gasteiger partial charge in [0.15, 0.2) is 0 Å². The van der Waals surface area contributed by atoms with E-state index in [9.17, 15) is 27.6 Å². The highest BCUT2D eigenvalue weighted by Crippen LogP contribution is 2.69. The number of hydrogen-bond donors (Lipinski definition) is 1. The number of benzene rings is 3. The Morgan fingerprint density at radius 3 is 1.78 bits per heavy atom. The van der Waals surface area contributed by atoms with Crippen molar-refractivity contribution in [1.82, 2.24) is 4.90 Å². The molecule has 0 radical (unpaired) electrons. The van der Waals surface area contributed by atoms with Gasteiger partial charge >= 0.3 is 6.18 Å². The minimum atomic E-state index is -4.50. The molecule has 3 amide bonds. The Balaban J connectivity index is 1.12. The smallest absolute Gasteiger partial charge is 0.326 e. The van der Waals surface area contributed by atoms with Crippen LogP contribution in [0.25, 0.3) is 0 Å². The first kappa shape index (κ1) is 27.8. The van der Waals surface area contributed by atoms with Crippen LogP contribution < -0.4 is 5.32 Å². The zero-order chi connectivity index (χ0) is 29.2. The third kappa shape index (κ3) is 4.17. The second-order valence-corrected chi connectivity index (χ2v) is 11.9. The molecule has 5 nitrogen and oxygen atoms in total. The van der Waals surface area contributed by atoms with E-state index in [4.69, 9.17) is 23.2 Å². The van der Waals surface area contributed by atoms with Gasteiger partial charge in [-0.3, -0.25) is 19.3 Å². The standard InChI is InChI=1S/C31H25Cl2F3N2O3/c32-29-20-11-3-4-12-21(20)30(33,23-14-6-5-13-22(23)29)26-25(29)27(40)38(28(26)41)16-7-1-2-15-24(39)37-19-10-8-9-18(17-19)31(34,35)36/h3-6,8-14,17,25-26H,1-2,7,15-16H2,(H,37,39)/t25-,26-,29?,30?/m1/s1. The van der Waals surface area contributed by atoms with E-state index in [0.29, 0.717) is 19.3 Å². The molecule has 7 rings (SSSR count). The number of anilines is 1. The number of carbonyl (C=O) groups excluding carboxylic acids is 3. The second-order valence-electron chi connectivity index (χ2n) is 10.7. The molecule has 4 aliphatic rings. The molecular weight excluding hydrogens is 576 g/mol. The van der Waals surface area contributed by atoms with Gasteiger partial charge in [-0.25, -0.2) is 0 Å². The number of halogens is 5. The van der Waals surface area contributed by atoms with Crippen LogP contribution in [0.4, 0.5) is 18.9 Å². The molecule has 1 heterocycles. The highest BCUT2D eigenvalue weighted by atomic mass is 35.5. The van der Waals surface area contributed by atoms with Crippen molar-refractivity contribution in [2.24, 2.45) is 11.8 Å². The molecule has 1 saturated heterocycles. The minimum absolute atomic E-state index is 0.0716. The number of hydrogen-bond acceptors (Lipinski definition) is 3. The molecule has 1 fully saturated rings. The second kappa shape index (κ2) is 9.88. The van der Waals surface area contributed by atoms with Crippen LogP contribution in [0.3, 0.4) is 0 Å². The summed E-state index contributed by atoms with van der Waals surface area (Å²) in [7, 11) is 0. The summed E-state index contributed by atoms with van der Waals surface area (Å²) in [6.45, 7) is 0.159. The lowest BCUT2D eigenvalue weighted by molar-refractivity contribution is -0.140. The van der Waals surface area contributed by atoms with Gasteiger partial charge in [-0.2, -0.15) is 13.2 Å². The Morgan fingerprint density at radius 2 is 1.29 bits per heavy atom. The highest BCUT2D eigenvalue weighted by molar-refractivity contribution is 6.36. The average Bonchev–Trinajstić information content (AvgIpc) is 3.21. The number of rotatable bonds is 7. The van der Waals surface area contributed by atoms with E-state index >= 15 is 0 Å². The molecule has 2 bridgehead atoms. The fourth-order valence-electron chi connectivity index (χ4n) is 6.67. The van der Waals surface area contributed by atoms with Crippen LogP contribution in [-0.2, 0) is 30.3 Å². The van der Waals surface area contributed by atoms with E-state index in [1.54, 1.807) is 0 Å². The lowest BCUT2D eigenvalue weighted by Gasteiger charge is -2.54. The summed E-state index contributed by atoms with van der Waals surface area (Å²) in [5, 5.41) is 2.49. The maximum Gasteiger partial charge on any atom is 0.416 e. The van der Waals surface area contributed by atoms with Crippen LogP contribution in [0.15, 0.2) is 72.8 Å². The van der Waals surface area contributed by atoms with Crippen LogP contribution in [0.5, 0.6) is 0 Å². The summed E-state index contributed by atoms with van der Waals surface area (Å²) in [4.78, 5) is 38.7. The number of imide groups is 1. The molecule has 1 N–H and O–H groups in total. The zero-order valence-corrected chi connectivity index (χ0v) is 23.2. The van der Waals surface area contributed by atoms with Crippen molar-refractivity contribution in [2.75, 3.05) is 11.9 Å². The number of nitrogens with zero attached hydrogens (tertiary/aromatic N) is 1. The van der Waals surface area contributed by atoms with Crippen LogP contribution in [-0.4, -0.2) is 29.2 Å². The molecule has 0 unspecified atom stereocenters. The predicted molar refractivity (Wildman–Crippen MR) is 148 cm³/mol. The third-order valence-corrected chi connectivity index (χ3v) is 9.72. The summed E-state index contributed by atoms with van der Waals surface area (Å²) in [6.07, 6.45) is -2.99. The van der Waals surface area contributed by atoms with Gasteiger partial charge in [0.2, 0.25) is 17.7 Å². The van der Waals surface area contributed by atoms with Crippen molar-refractivity contribution in [3.05, 3.63) is 101 Å². The molecule has 3 aliphatic carbocycles. The van der Waals surface area contributed by atoms with Gasteiger partial charge in [0.05, 0.1) is 17.4 Å². The number of nitrogens with one attached hydrogen (secondary N) is 1. The van der Waals surface area contributed by atoms with Crippen molar-refractivity contribution in [2.45, 2.75) is 41.6 Å². The van der Waals surface area contributed by atoms with Gasteiger partial charge in [0, 0.05) is 18.7 Å². The fourth-order valence-corrected chi connectivity index (χ4v) is 7.77. The van der Waals surface area contributed by atoms with Crippen LogP contribution in [0, 0.1) is 11.8 Å². The third-order valence-electron chi connectivity index (χ3n) is 8.44. The number of likely N-dealkylation sites (tertiary alicyclic amines) is 1. The number of amides is 3. The quantitative estimate of drug-likeness (QED) is 0.184. The Hall–Kier alpha value is -3.36. The van der Waals surface area contributed by atoms with E-state index in [-0.39, 0.29) is 30.5 Å². The molecule has 212 valence electrons. The maximum absolute atomic E-state index is 13.8. The Labute approximate surface area is 244 Å². The Kier molecular flexibility index (Phi) is 6.70. The zero-order valence-electron chi connectivity index (χ0n) is 21.7. The van der Waals surface area contributed by atoms with Crippen molar-refractivity contribution in [3.63, 3.8) is 0 Å². The first-order valence-electron chi connectivity index (χ1n) is 13.4. The first-order valence-corrected chi connectivity index (χ1v) is 14.1. The number of carbonyl (C=O) groups is 3. The van der Waals surface area contributed by atoms with E-state index < -0.39 is 39.2 Å². The molecular formula is C31H25Cl2F3N2O3. The van der Waals surface area contributed by atoms with Crippen molar-refractivity contribution in [1.29, 1.82) is 0 Å². The van der Waals surface area contributed by atoms with E-state index in [2.05, 4.69) is 5.32 Å². The van der Waals surface area contributed by atoms with Gasteiger partial charge in [-0.15, -0.1) is 23.2 Å². The van der Waals surface area contributed by atoms with Gasteiger partial charge in [-0.1, -0.05) is 61.0 Å². The SMILES string of the molecule is O=C(CCCCCN1C(=O)[C@H]2[C@H](C1=O)C1(Cl)c3ccccc3C2(Cl)c2ccccc21)Nc1cccc(C(F)(F)F)c1. The van der Waals surface area contributed by atoms with E-state index in [1.807, 2.05) is 48.5 Å². The summed E-state index contributed by atoms with van der Waals surface area (Å²) in [5.74, 6) is -2.82. The fraction of sp³-hybridized carbons (Fsp3) is 0.323. The number of alkyl halides is 5. The van der Waals surface area contributed by atoms with Crippen molar-refractivity contribution in [3.8, 4) is 0 Å². The van der Waals surface area contributed by atoms with E-state index in [0.717, 1.165) is 34.4 Å². The molecule has 0 spiro atoms. The normalized spacial score (nSPS) is 26.0. The first-order chi connectivity index (χ1) is 19.5. The molecule has 0 saturated carbocycles. The highest BCUT2D eigenvalue weighted by Gasteiger charge is 2.72. The molecule has 10 heteroatoms. The molecule has 0 aromatic heterocycles. The van der Waals surface area contributed by atoms with Gasteiger partial charge in [-0.05, 0) is 53.3 Å². The average molecular weight is 601 g/mol. The van der Waals surface area contributed by atoms with Crippen LogP contribution >= 0.6 is 23.2 Å². The summed E-state index contributed by atoms with van der Waals surface area (Å²) in [5.41, 5.74) is 2.20. The van der Waals surface area contributed by atoms with Crippen LogP contribution in [0.2, 0.25) is 0 Å². The largest absolute Gasteiger partial charge is 0.416 e. The number of unbranched alkanes of at least 4 members (excludes halogenated alkanes) is 2. The Bertz CT molecular complexity index is 1450. The van der Waals surface area contributed by atoms with E-state index in [1.165, 1.54) is 17.0 Å². The summed E-state index contributed by atoms with van der Waals surface area (Å²) >= 11 is 14.8. The maximum atomic E-state index is 13.8. The minimum Gasteiger partial charge on any atom is -0.326 e. The van der Waals surface area contributed by atoms with Crippen molar-refractivity contribution < 1.29 is 27.6 Å². The van der Waals surface area contributed by atoms with Gasteiger partial charge in [0.1, 0.15) is 9.75 Å². The lowest BCUT2D eigenvalue weighted by atomic mass is 9.54. The molecule has 3 aromatic carbocycles. The molecule has 3 aromatic rings. The topological polar surface area (TPSA) is 66.5 Å². The molecule has 1 aliphatic heterocycles. The molecule has 41 heavy (non-hydrogen) atoms. The van der Waals surface area contributed by atoms with Gasteiger partial charge in [0.25, 0.3) is 0 Å². The van der Waals surface area contributed by atoms with Crippen LogP contribution in [0.1, 0.15) is 53.5 Å². The van der Waals surface area contributed by atoms with Gasteiger partial charge < -0.3 is 5.32 Å². The summed E-state index contributed by atoms with van der Waals surface area (Å²) < 4.78 is 38.8. The lowest BCUT2D eigenvalue weighted by Crippen LogP contribution is -2.57. The van der Waals surface area contributed by atoms with Crippen molar-refractivity contribution >= 4 is 46.6 Å².